The van der Waals surface area contributed by atoms with Crippen LogP contribution in [0.25, 0.3) is 0 Å². The maximum atomic E-state index is 13.8. The maximum Gasteiger partial charge on any atom is 0.246 e. The quantitative estimate of drug-likeness (QED) is 0.756. The van der Waals surface area contributed by atoms with Crippen molar-refractivity contribution < 1.29 is 12.8 Å². The van der Waals surface area contributed by atoms with Crippen LogP contribution >= 0.6 is 11.6 Å². The van der Waals surface area contributed by atoms with Gasteiger partial charge in [-0.25, -0.2) is 12.8 Å². The predicted molar refractivity (Wildman–Crippen MR) is 75.3 cm³/mol. The molecule has 3 nitrogen and oxygen atoms in total. The maximum absolute atomic E-state index is 13.8. The first-order chi connectivity index (χ1) is 8.84. The lowest BCUT2D eigenvalue weighted by Crippen LogP contribution is -2.37. The minimum atomic E-state index is -3.83. The minimum Gasteiger partial charge on any atom is -0.207 e. The third-order valence-corrected chi connectivity index (χ3v) is 5.16. The number of rotatable bonds is 6. The van der Waals surface area contributed by atoms with Crippen molar-refractivity contribution in [3.63, 3.8) is 0 Å². The molecule has 0 N–H and O–H groups in total. The molecule has 0 unspecified atom stereocenters. The van der Waals surface area contributed by atoms with Gasteiger partial charge in [0.1, 0.15) is 10.7 Å². The Bertz CT molecular complexity index is 531. The Balaban J connectivity index is 3.32. The van der Waals surface area contributed by atoms with E-state index in [4.69, 9.17) is 11.6 Å². The van der Waals surface area contributed by atoms with E-state index in [0.717, 1.165) is 6.07 Å². The van der Waals surface area contributed by atoms with Crippen LogP contribution in [0.1, 0.15) is 32.8 Å². The lowest BCUT2D eigenvalue weighted by atomic mass is 10.2. The molecule has 0 bridgehead atoms. The molecule has 1 rings (SSSR count). The number of alkyl halides is 1. The summed E-state index contributed by atoms with van der Waals surface area (Å²) in [5.74, 6) is -0.589. The second kappa shape index (κ2) is 6.68. The molecule has 0 aliphatic carbocycles. The fourth-order valence-corrected chi connectivity index (χ4v) is 3.84. The van der Waals surface area contributed by atoms with Gasteiger partial charge in [0.15, 0.2) is 0 Å². The monoisotopic (exact) mass is 307 g/mol. The fraction of sp³-hybridized carbons (Fsp3) is 0.538. The summed E-state index contributed by atoms with van der Waals surface area (Å²) in [7, 11) is -3.83. The minimum absolute atomic E-state index is 0.151. The van der Waals surface area contributed by atoms with Crippen molar-refractivity contribution in [1.29, 1.82) is 0 Å². The van der Waals surface area contributed by atoms with Crippen molar-refractivity contribution in [3.05, 3.63) is 29.6 Å². The number of sulfonamides is 1. The van der Waals surface area contributed by atoms with Crippen LogP contribution in [0.15, 0.2) is 23.1 Å². The van der Waals surface area contributed by atoms with E-state index in [1.54, 1.807) is 13.8 Å². The SMILES string of the molecule is CCCN(C(C)C)S(=O)(=O)c1cc(CCl)ccc1F. The number of benzene rings is 1. The highest BCUT2D eigenvalue weighted by molar-refractivity contribution is 7.89. The van der Waals surface area contributed by atoms with Crippen LogP contribution in [0.4, 0.5) is 4.39 Å². The Morgan fingerprint density at radius 2 is 2.00 bits per heavy atom. The number of halogens is 2. The van der Waals surface area contributed by atoms with Gasteiger partial charge in [0.25, 0.3) is 0 Å². The number of hydrogen-bond donors (Lipinski definition) is 0. The lowest BCUT2D eigenvalue weighted by Gasteiger charge is -2.25. The molecule has 19 heavy (non-hydrogen) atoms. The number of nitrogens with zero attached hydrogens (tertiary/aromatic N) is 1. The molecule has 0 atom stereocenters. The molecule has 6 heteroatoms. The summed E-state index contributed by atoms with van der Waals surface area (Å²) in [6.07, 6.45) is 0.675. The van der Waals surface area contributed by atoms with E-state index in [9.17, 15) is 12.8 Å². The van der Waals surface area contributed by atoms with Crippen LogP contribution in [0.5, 0.6) is 0 Å². The molecule has 0 radical (unpaired) electrons. The smallest absolute Gasteiger partial charge is 0.207 e. The summed E-state index contributed by atoms with van der Waals surface area (Å²) in [6.45, 7) is 5.80. The van der Waals surface area contributed by atoms with E-state index >= 15 is 0 Å². The molecule has 108 valence electrons. The van der Waals surface area contributed by atoms with Gasteiger partial charge in [-0.2, -0.15) is 4.31 Å². The average Bonchev–Trinajstić information content (AvgIpc) is 2.35. The van der Waals surface area contributed by atoms with Gasteiger partial charge in [0.2, 0.25) is 10.0 Å². The van der Waals surface area contributed by atoms with E-state index in [-0.39, 0.29) is 16.8 Å². The third-order valence-electron chi connectivity index (χ3n) is 2.76. The Kier molecular flexibility index (Phi) is 5.77. The van der Waals surface area contributed by atoms with Gasteiger partial charge in [-0.1, -0.05) is 13.0 Å². The van der Waals surface area contributed by atoms with E-state index < -0.39 is 15.8 Å². The van der Waals surface area contributed by atoms with E-state index in [1.807, 2.05) is 6.92 Å². The van der Waals surface area contributed by atoms with Crippen molar-refractivity contribution in [2.75, 3.05) is 6.54 Å². The molecule has 0 aliphatic rings. The molecular weight excluding hydrogens is 289 g/mol. The van der Waals surface area contributed by atoms with Crippen molar-refractivity contribution in [3.8, 4) is 0 Å². The summed E-state index contributed by atoms with van der Waals surface area (Å²) in [4.78, 5) is -0.298. The van der Waals surface area contributed by atoms with Gasteiger partial charge in [0, 0.05) is 18.5 Å². The summed E-state index contributed by atoms with van der Waals surface area (Å²) in [5.41, 5.74) is 0.585. The van der Waals surface area contributed by atoms with Crippen molar-refractivity contribution in [1.82, 2.24) is 4.31 Å². The first kappa shape index (κ1) is 16.4. The van der Waals surface area contributed by atoms with Crippen molar-refractivity contribution in [2.45, 2.75) is 44.0 Å². The first-order valence-corrected chi connectivity index (χ1v) is 8.18. The molecule has 0 aliphatic heterocycles. The number of hydrogen-bond acceptors (Lipinski definition) is 2. The zero-order valence-electron chi connectivity index (χ0n) is 11.4. The summed E-state index contributed by atoms with van der Waals surface area (Å²) < 4.78 is 40.1. The highest BCUT2D eigenvalue weighted by Crippen LogP contribution is 2.23. The zero-order chi connectivity index (χ0) is 14.6. The highest BCUT2D eigenvalue weighted by Gasteiger charge is 2.29. The van der Waals surface area contributed by atoms with E-state index in [2.05, 4.69) is 0 Å². The van der Waals surface area contributed by atoms with Crippen LogP contribution in [0.3, 0.4) is 0 Å². The molecule has 0 fully saturated rings. The molecule has 1 aromatic rings. The summed E-state index contributed by atoms with van der Waals surface area (Å²) in [5, 5.41) is 0. The molecule has 0 spiro atoms. The second-order valence-corrected chi connectivity index (χ2v) is 6.73. The van der Waals surface area contributed by atoms with Crippen molar-refractivity contribution in [2.24, 2.45) is 0 Å². The molecular formula is C13H19ClFNO2S. The fourth-order valence-electron chi connectivity index (χ4n) is 1.83. The Labute approximate surface area is 119 Å². The average molecular weight is 308 g/mol. The standard InChI is InChI=1S/C13H19ClFNO2S/c1-4-7-16(10(2)3)19(17,18)13-8-11(9-14)5-6-12(13)15/h5-6,8,10H,4,7,9H2,1-3H3. The molecule has 1 aromatic carbocycles. The molecule has 0 heterocycles. The third kappa shape index (κ3) is 3.68. The molecule has 0 saturated carbocycles. The first-order valence-electron chi connectivity index (χ1n) is 6.20. The highest BCUT2D eigenvalue weighted by atomic mass is 35.5. The summed E-state index contributed by atoms with van der Waals surface area (Å²) >= 11 is 5.67. The largest absolute Gasteiger partial charge is 0.246 e. The van der Waals surface area contributed by atoms with Crippen molar-refractivity contribution >= 4 is 21.6 Å². The Morgan fingerprint density at radius 1 is 1.37 bits per heavy atom. The molecule has 0 amide bonds. The van der Waals surface area contributed by atoms with Gasteiger partial charge >= 0.3 is 0 Å². The van der Waals surface area contributed by atoms with Crippen LogP contribution in [0.2, 0.25) is 0 Å². The molecule has 0 aromatic heterocycles. The zero-order valence-corrected chi connectivity index (χ0v) is 12.9. The van der Waals surface area contributed by atoms with Crippen LogP contribution < -0.4 is 0 Å². The topological polar surface area (TPSA) is 37.4 Å². The lowest BCUT2D eigenvalue weighted by molar-refractivity contribution is 0.352. The normalized spacial score (nSPS) is 12.4. The summed E-state index contributed by atoms with van der Waals surface area (Å²) in [6, 6.07) is 3.72. The Hall–Kier alpha value is -0.650. The molecule has 0 saturated heterocycles. The van der Waals surface area contributed by atoms with Gasteiger partial charge in [-0.15, -0.1) is 11.6 Å². The van der Waals surface area contributed by atoms with E-state index in [1.165, 1.54) is 16.4 Å². The van der Waals surface area contributed by atoms with Crippen LogP contribution in [-0.4, -0.2) is 25.3 Å². The second-order valence-electron chi connectivity index (χ2n) is 4.61. The Morgan fingerprint density at radius 3 is 2.47 bits per heavy atom. The van der Waals surface area contributed by atoms with Gasteiger partial charge in [0.05, 0.1) is 0 Å². The van der Waals surface area contributed by atoms with Crippen LogP contribution in [-0.2, 0) is 15.9 Å². The van der Waals surface area contributed by atoms with Gasteiger partial charge < -0.3 is 0 Å². The predicted octanol–water partition coefficient (Wildman–Crippen LogP) is 3.37. The van der Waals surface area contributed by atoms with Crippen LogP contribution in [0, 0.1) is 5.82 Å². The van der Waals surface area contributed by atoms with Gasteiger partial charge in [-0.05, 0) is 38.0 Å². The van der Waals surface area contributed by atoms with E-state index in [0.29, 0.717) is 18.5 Å². The van der Waals surface area contributed by atoms with Gasteiger partial charge in [-0.3, -0.25) is 0 Å².